The molecule has 31 heavy (non-hydrogen) atoms. The van der Waals surface area contributed by atoms with Gasteiger partial charge in [0, 0.05) is 5.56 Å². The van der Waals surface area contributed by atoms with Crippen molar-refractivity contribution in [3.8, 4) is 5.75 Å². The smallest absolute Gasteiger partial charge is 0.339 e. The van der Waals surface area contributed by atoms with E-state index in [-0.39, 0.29) is 10.3 Å². The van der Waals surface area contributed by atoms with Gasteiger partial charge in [0.15, 0.2) is 5.94 Å². The Labute approximate surface area is 183 Å². The minimum Gasteiger partial charge on any atom is -0.496 e. The Morgan fingerprint density at radius 2 is 1.58 bits per heavy atom. The first-order chi connectivity index (χ1) is 14.9. The number of hydrogen-bond acceptors (Lipinski definition) is 5. The maximum atomic E-state index is 13.0. The average molecular weight is 441 g/mol. The molecule has 0 N–H and O–H groups in total. The lowest BCUT2D eigenvalue weighted by atomic mass is 9.48. The number of esters is 1. The van der Waals surface area contributed by atoms with Crippen molar-refractivity contribution in [1.29, 1.82) is 0 Å². The maximum Gasteiger partial charge on any atom is 0.339 e. The molecule has 0 unspecified atom stereocenters. The number of sulfone groups is 1. The third kappa shape index (κ3) is 3.75. The zero-order valence-electron chi connectivity index (χ0n) is 17.8. The molecule has 6 rings (SSSR count). The van der Waals surface area contributed by atoms with Crippen LogP contribution in [0.1, 0.15) is 54.4 Å². The van der Waals surface area contributed by atoms with Crippen LogP contribution in [0.15, 0.2) is 53.4 Å². The Hall–Kier alpha value is -2.34. The van der Waals surface area contributed by atoms with Crippen LogP contribution in [-0.2, 0) is 20.0 Å². The zero-order chi connectivity index (χ0) is 21.6. The van der Waals surface area contributed by atoms with Crippen molar-refractivity contribution in [3.63, 3.8) is 0 Å². The highest BCUT2D eigenvalue weighted by molar-refractivity contribution is 7.91. The fourth-order valence-corrected chi connectivity index (χ4v) is 7.56. The summed E-state index contributed by atoms with van der Waals surface area (Å²) in [6, 6.07) is 13.5. The Bertz CT molecular complexity index is 1050. The van der Waals surface area contributed by atoms with E-state index < -0.39 is 21.7 Å². The number of carbonyl (C=O) groups is 1. The van der Waals surface area contributed by atoms with Gasteiger partial charge in [0.25, 0.3) is 0 Å². The van der Waals surface area contributed by atoms with Crippen LogP contribution < -0.4 is 4.74 Å². The Morgan fingerprint density at radius 3 is 2.16 bits per heavy atom. The zero-order valence-corrected chi connectivity index (χ0v) is 18.6. The number of rotatable bonds is 6. The lowest BCUT2D eigenvalue weighted by Gasteiger charge is -2.57. The summed E-state index contributed by atoms with van der Waals surface area (Å²) in [7, 11) is -2.13. The highest BCUT2D eigenvalue weighted by Gasteiger charge is 2.52. The number of ether oxygens (including phenoxy) is 2. The number of benzene rings is 2. The summed E-state index contributed by atoms with van der Waals surface area (Å²) in [6.45, 7) is 0. The molecule has 0 atom stereocenters. The van der Waals surface area contributed by atoms with Crippen molar-refractivity contribution in [3.05, 3.63) is 59.7 Å². The maximum absolute atomic E-state index is 13.0. The molecule has 4 saturated carbocycles. The molecule has 0 spiro atoms. The van der Waals surface area contributed by atoms with Gasteiger partial charge in [0.1, 0.15) is 5.75 Å². The summed E-state index contributed by atoms with van der Waals surface area (Å²) in [5.41, 5.74) is 1.36. The predicted octanol–water partition coefficient (Wildman–Crippen LogP) is 4.75. The van der Waals surface area contributed by atoms with E-state index >= 15 is 0 Å². The quantitative estimate of drug-likeness (QED) is 0.606. The van der Waals surface area contributed by atoms with Crippen molar-refractivity contribution in [2.24, 2.45) is 17.8 Å². The van der Waals surface area contributed by atoms with Gasteiger partial charge in [-0.15, -0.1) is 0 Å². The van der Waals surface area contributed by atoms with Gasteiger partial charge in [0.2, 0.25) is 9.84 Å². The molecule has 4 aliphatic carbocycles. The van der Waals surface area contributed by atoms with Crippen molar-refractivity contribution in [1.82, 2.24) is 0 Å². The van der Waals surface area contributed by atoms with Crippen LogP contribution in [0.2, 0.25) is 0 Å². The van der Waals surface area contributed by atoms with Crippen molar-refractivity contribution >= 4 is 15.8 Å². The van der Waals surface area contributed by atoms with E-state index in [1.165, 1.54) is 19.3 Å². The van der Waals surface area contributed by atoms with Crippen LogP contribution in [-0.4, -0.2) is 27.4 Å². The molecule has 0 aliphatic heterocycles. The topological polar surface area (TPSA) is 69.7 Å². The second-order valence-electron chi connectivity index (χ2n) is 9.59. The number of carbonyl (C=O) groups excluding carboxylic acids is 1. The Balaban J connectivity index is 1.42. The molecule has 2 aromatic carbocycles. The molecule has 0 aromatic heterocycles. The fourth-order valence-electron chi connectivity index (χ4n) is 6.59. The van der Waals surface area contributed by atoms with Gasteiger partial charge in [-0.2, -0.15) is 0 Å². The SMILES string of the molecule is COc1ccc(S(=O)(=O)COC(=O)c2ccccc2)cc1C12CC3CC(CC(C3)C1)C2. The molecule has 6 heteroatoms. The molecule has 5 nitrogen and oxygen atoms in total. The molecule has 4 bridgehead atoms. The first kappa shape index (κ1) is 20.6. The third-order valence-corrected chi connectivity index (χ3v) is 8.89. The minimum atomic E-state index is -3.78. The van der Waals surface area contributed by atoms with Gasteiger partial charge in [-0.1, -0.05) is 18.2 Å². The number of methoxy groups -OCH3 is 1. The minimum absolute atomic E-state index is 0.00629. The second kappa shape index (κ2) is 7.66. The molecule has 0 saturated heterocycles. The van der Waals surface area contributed by atoms with E-state index in [1.54, 1.807) is 55.6 Å². The van der Waals surface area contributed by atoms with Gasteiger partial charge >= 0.3 is 5.97 Å². The van der Waals surface area contributed by atoms with Crippen molar-refractivity contribution in [2.45, 2.75) is 48.8 Å². The predicted molar refractivity (Wildman–Crippen MR) is 117 cm³/mol. The van der Waals surface area contributed by atoms with Crippen LogP contribution in [0.5, 0.6) is 5.75 Å². The molecule has 2 aromatic rings. The van der Waals surface area contributed by atoms with E-state index in [4.69, 9.17) is 9.47 Å². The highest BCUT2D eigenvalue weighted by atomic mass is 32.2. The van der Waals surface area contributed by atoms with Crippen LogP contribution in [0.3, 0.4) is 0 Å². The molecule has 0 heterocycles. The van der Waals surface area contributed by atoms with E-state index in [2.05, 4.69) is 0 Å². The van der Waals surface area contributed by atoms with E-state index in [1.807, 2.05) is 0 Å². The summed E-state index contributed by atoms with van der Waals surface area (Å²) >= 11 is 0. The van der Waals surface area contributed by atoms with Crippen LogP contribution in [0, 0.1) is 17.8 Å². The fraction of sp³-hybridized carbons (Fsp3) is 0.480. The molecular formula is C25H28O5S. The largest absolute Gasteiger partial charge is 0.496 e. The second-order valence-corrected chi connectivity index (χ2v) is 11.5. The summed E-state index contributed by atoms with van der Waals surface area (Å²) in [5.74, 6) is 1.67. The van der Waals surface area contributed by atoms with Crippen LogP contribution in [0.25, 0.3) is 0 Å². The normalized spacial score (nSPS) is 29.0. The lowest BCUT2D eigenvalue weighted by molar-refractivity contribution is -0.00626. The van der Waals surface area contributed by atoms with Gasteiger partial charge < -0.3 is 9.47 Å². The van der Waals surface area contributed by atoms with Gasteiger partial charge in [-0.3, -0.25) is 0 Å². The standard InChI is InChI=1S/C25H28O5S/c1-29-23-8-7-21(31(27,28)16-30-24(26)20-5-3-2-4-6-20)12-22(23)25-13-17-9-18(14-25)11-19(10-17)15-25/h2-8,12,17-19H,9-11,13-16H2,1H3. The average Bonchev–Trinajstić information content (AvgIpc) is 2.77. The lowest BCUT2D eigenvalue weighted by Crippen LogP contribution is -2.48. The molecule has 4 fully saturated rings. The van der Waals surface area contributed by atoms with Gasteiger partial charge in [-0.05, 0) is 92.0 Å². The molecule has 4 aliphatic rings. The summed E-state index contributed by atoms with van der Waals surface area (Å²) in [6.07, 6.45) is 7.28. The van der Waals surface area contributed by atoms with E-state index in [0.29, 0.717) is 5.56 Å². The van der Waals surface area contributed by atoms with Gasteiger partial charge in [-0.25, -0.2) is 13.2 Å². The molecular weight excluding hydrogens is 412 g/mol. The first-order valence-electron chi connectivity index (χ1n) is 11.0. The number of hydrogen-bond donors (Lipinski definition) is 0. The monoisotopic (exact) mass is 440 g/mol. The van der Waals surface area contributed by atoms with Crippen LogP contribution in [0.4, 0.5) is 0 Å². The Kier molecular flexibility index (Phi) is 5.08. The summed E-state index contributed by atoms with van der Waals surface area (Å²) < 4.78 is 36.9. The molecule has 164 valence electrons. The summed E-state index contributed by atoms with van der Waals surface area (Å²) in [4.78, 5) is 12.4. The van der Waals surface area contributed by atoms with Crippen molar-refractivity contribution in [2.75, 3.05) is 13.0 Å². The molecule has 0 amide bonds. The van der Waals surface area contributed by atoms with E-state index in [0.717, 1.165) is 48.3 Å². The van der Waals surface area contributed by atoms with E-state index in [9.17, 15) is 13.2 Å². The van der Waals surface area contributed by atoms with Crippen LogP contribution >= 0.6 is 0 Å². The highest BCUT2D eigenvalue weighted by Crippen LogP contribution is 2.62. The molecule has 0 radical (unpaired) electrons. The Morgan fingerprint density at radius 1 is 0.968 bits per heavy atom. The van der Waals surface area contributed by atoms with Crippen molar-refractivity contribution < 1.29 is 22.7 Å². The first-order valence-corrected chi connectivity index (χ1v) is 12.7. The summed E-state index contributed by atoms with van der Waals surface area (Å²) in [5, 5.41) is 0. The third-order valence-electron chi connectivity index (χ3n) is 7.49. The van der Waals surface area contributed by atoms with Gasteiger partial charge in [0.05, 0.1) is 17.6 Å².